The number of aromatic nitrogens is 4. The molecule has 0 bridgehead atoms. The van der Waals surface area contributed by atoms with Crippen LogP contribution in [0.1, 0.15) is 11.1 Å². The number of carboxylic acid groups (broad SMARTS) is 2. The van der Waals surface area contributed by atoms with Gasteiger partial charge in [-0.1, -0.05) is 36.4 Å². The number of fused-ring (bicyclic) bond motifs is 2. The molecule has 340 valence electrons. The number of anilines is 2. The number of hydrogen-bond acceptors (Lipinski definition) is 8. The molecule has 2 aromatic heterocycles. The summed E-state index contributed by atoms with van der Waals surface area (Å²) in [5.41, 5.74) is 3.13. The first-order chi connectivity index (χ1) is 30.5. The highest BCUT2D eigenvalue weighted by Crippen LogP contribution is 2.33. The number of nitrogens with one attached hydrogen (secondary N) is 2. The molecule has 0 atom stereocenters. The van der Waals surface area contributed by atoms with Gasteiger partial charge in [0.1, 0.15) is 0 Å². The quantitative estimate of drug-likeness (QED) is 0.0941. The molecule has 0 spiro atoms. The minimum Gasteiger partial charge on any atom is -0.478 e. The summed E-state index contributed by atoms with van der Waals surface area (Å²) in [5.74, 6) is -2.51. The van der Waals surface area contributed by atoms with E-state index in [1.807, 2.05) is 58.3 Å². The summed E-state index contributed by atoms with van der Waals surface area (Å²) < 4.78 is 81.0. The van der Waals surface area contributed by atoms with E-state index in [9.17, 15) is 45.5 Å². The van der Waals surface area contributed by atoms with E-state index in [4.69, 9.17) is 10.2 Å². The van der Waals surface area contributed by atoms with Crippen molar-refractivity contribution in [2.24, 2.45) is 0 Å². The Labute approximate surface area is 361 Å². The lowest BCUT2D eigenvalue weighted by Gasteiger charge is -2.36. The summed E-state index contributed by atoms with van der Waals surface area (Å²) in [7, 11) is 0. The van der Waals surface area contributed by atoms with Crippen LogP contribution in [-0.2, 0) is 35.0 Å². The van der Waals surface area contributed by atoms with Gasteiger partial charge in [-0.05, 0) is 60.7 Å². The maximum Gasteiger partial charge on any atom is 0.416 e. The molecule has 20 heteroatoms. The van der Waals surface area contributed by atoms with Crippen LogP contribution in [0.4, 0.5) is 37.7 Å². The van der Waals surface area contributed by atoms with Crippen molar-refractivity contribution in [1.29, 1.82) is 0 Å². The van der Waals surface area contributed by atoms with Crippen molar-refractivity contribution in [3.63, 3.8) is 0 Å². The average Bonchev–Trinajstić information content (AvgIpc) is 3.78. The van der Waals surface area contributed by atoms with Crippen LogP contribution in [0.25, 0.3) is 22.1 Å². The van der Waals surface area contributed by atoms with Gasteiger partial charge in [0.25, 0.3) is 0 Å². The summed E-state index contributed by atoms with van der Waals surface area (Å²) in [6, 6.07) is 26.1. The van der Waals surface area contributed by atoms with E-state index in [2.05, 4.69) is 19.8 Å². The Balaban J connectivity index is 0.000000182. The van der Waals surface area contributed by atoms with Crippen molar-refractivity contribution in [3.8, 4) is 0 Å². The zero-order valence-electron chi connectivity index (χ0n) is 34.4. The van der Waals surface area contributed by atoms with E-state index in [0.717, 1.165) is 73.5 Å². The fourth-order valence-electron chi connectivity index (χ4n) is 7.50. The van der Waals surface area contributed by atoms with Gasteiger partial charge in [-0.3, -0.25) is 18.9 Å². The number of alkyl halides is 6. The Bertz CT molecular complexity index is 2490. The van der Waals surface area contributed by atoms with Crippen LogP contribution in [0.15, 0.2) is 119 Å². The fraction of sp³-hybridized carbons (Fsp3) is 0.318. The van der Waals surface area contributed by atoms with Crippen molar-refractivity contribution in [1.82, 2.24) is 28.9 Å². The second-order valence-corrected chi connectivity index (χ2v) is 15.0. The van der Waals surface area contributed by atoms with Crippen molar-refractivity contribution >= 4 is 45.4 Å². The average molecular weight is 897 g/mol. The molecule has 14 nitrogen and oxygen atoms in total. The number of H-pyrrole nitrogens is 2. The first-order valence-electron chi connectivity index (χ1n) is 20.2. The second-order valence-electron chi connectivity index (χ2n) is 15.0. The Kier molecular flexibility index (Phi) is 15.0. The Morgan fingerprint density at radius 3 is 1.22 bits per heavy atom. The summed E-state index contributed by atoms with van der Waals surface area (Å²) >= 11 is 0. The first-order valence-corrected chi connectivity index (χ1v) is 20.2. The number of halogens is 6. The van der Waals surface area contributed by atoms with Crippen LogP contribution >= 0.6 is 0 Å². The lowest BCUT2D eigenvalue weighted by atomic mass is 10.1. The predicted octanol–water partition coefficient (Wildman–Crippen LogP) is 6.05. The summed E-state index contributed by atoms with van der Waals surface area (Å²) in [4.78, 5) is 57.5. The zero-order valence-corrected chi connectivity index (χ0v) is 34.4. The fourth-order valence-corrected chi connectivity index (χ4v) is 7.50. The van der Waals surface area contributed by atoms with Crippen LogP contribution in [0.5, 0.6) is 0 Å². The third-order valence-electron chi connectivity index (χ3n) is 10.8. The Hall–Kier alpha value is -6.80. The molecule has 4 aromatic carbocycles. The highest BCUT2D eigenvalue weighted by Gasteiger charge is 2.32. The molecule has 0 amide bonds. The smallest absolute Gasteiger partial charge is 0.416 e. The largest absolute Gasteiger partial charge is 0.478 e. The van der Waals surface area contributed by atoms with Gasteiger partial charge in [-0.2, -0.15) is 26.3 Å². The van der Waals surface area contributed by atoms with E-state index in [-0.39, 0.29) is 11.4 Å². The van der Waals surface area contributed by atoms with E-state index in [1.54, 1.807) is 21.3 Å². The summed E-state index contributed by atoms with van der Waals surface area (Å²) in [5, 5.41) is 15.6. The standard InChI is InChI=1S/2C20H21F3N4O.C4H4O4/c2*21-20(22,23)15-4-3-5-16(14-15)26-11-8-25(9-12-26)10-13-27-18-7-2-1-6-17(18)24-19(27)28;5-3(6)1-2-4(7)8/h2*1-7,14H,8-13H2,(H,24,28);1-2H,(H,5,6)(H,7,8)/b;;2-1+. The number of rotatable bonds is 10. The number of aliphatic carboxylic acids is 2. The molecule has 64 heavy (non-hydrogen) atoms. The summed E-state index contributed by atoms with van der Waals surface area (Å²) in [6.07, 6.45) is -7.54. The first kappa shape index (κ1) is 46.7. The number of nitrogens with zero attached hydrogens (tertiary/aromatic N) is 6. The number of carboxylic acids is 2. The van der Waals surface area contributed by atoms with Gasteiger partial charge in [-0.15, -0.1) is 0 Å². The maximum absolute atomic E-state index is 12.9. The minimum atomic E-state index is -4.33. The van der Waals surface area contributed by atoms with E-state index >= 15 is 0 Å². The van der Waals surface area contributed by atoms with Gasteiger partial charge in [0.15, 0.2) is 0 Å². The van der Waals surface area contributed by atoms with Gasteiger partial charge >= 0.3 is 35.7 Å². The normalized spacial score (nSPS) is 15.2. The number of benzene rings is 4. The number of piperazine rings is 2. The minimum absolute atomic E-state index is 0.121. The second kappa shape index (κ2) is 20.6. The molecule has 2 aliphatic heterocycles. The van der Waals surface area contributed by atoms with Crippen LogP contribution in [-0.4, -0.2) is 117 Å². The van der Waals surface area contributed by atoms with Gasteiger partial charge in [-0.25, -0.2) is 19.2 Å². The van der Waals surface area contributed by atoms with E-state index < -0.39 is 35.4 Å². The lowest BCUT2D eigenvalue weighted by molar-refractivity contribution is -0.138. The Morgan fingerprint density at radius 2 is 0.875 bits per heavy atom. The molecule has 2 fully saturated rings. The molecule has 0 saturated carbocycles. The molecule has 4 N–H and O–H groups in total. The SMILES string of the molecule is O=C(O)/C=C/C(=O)O.O=c1[nH]c2ccccc2n1CCN1CCN(c2cccc(C(F)(F)F)c2)CC1.O=c1[nH]c2ccccc2n1CCN1CCN(c2cccc(C(F)(F)F)c2)CC1. The number of aromatic amines is 2. The van der Waals surface area contributed by atoms with Crippen molar-refractivity contribution < 1.29 is 46.1 Å². The number of carbonyl (C=O) groups is 2. The number of hydrogen-bond donors (Lipinski definition) is 4. The molecule has 2 saturated heterocycles. The molecule has 6 aromatic rings. The maximum atomic E-state index is 12.9. The van der Waals surface area contributed by atoms with Crippen LogP contribution in [0.3, 0.4) is 0 Å². The molecule has 0 radical (unpaired) electrons. The highest BCUT2D eigenvalue weighted by molar-refractivity contribution is 5.89. The topological polar surface area (TPSA) is 163 Å². The van der Waals surface area contributed by atoms with Crippen LogP contribution in [0.2, 0.25) is 0 Å². The van der Waals surface area contributed by atoms with Crippen molar-refractivity contribution in [3.05, 3.63) is 141 Å². The van der Waals surface area contributed by atoms with Gasteiger partial charge in [0.05, 0.1) is 33.2 Å². The van der Waals surface area contributed by atoms with Crippen molar-refractivity contribution in [2.75, 3.05) is 75.2 Å². The third-order valence-corrected chi connectivity index (χ3v) is 10.8. The molecular formula is C44H46F6N8O6. The van der Waals surface area contributed by atoms with Crippen LogP contribution in [0, 0.1) is 0 Å². The Morgan fingerprint density at radius 1 is 0.516 bits per heavy atom. The van der Waals surface area contributed by atoms with Gasteiger partial charge < -0.3 is 30.0 Å². The number of imidazole rings is 2. The lowest BCUT2D eigenvalue weighted by Crippen LogP contribution is -2.47. The molecule has 8 rings (SSSR count). The highest BCUT2D eigenvalue weighted by atomic mass is 19.4. The molecule has 0 aliphatic carbocycles. The summed E-state index contributed by atoms with van der Waals surface area (Å²) in [6.45, 7) is 8.19. The predicted molar refractivity (Wildman–Crippen MR) is 230 cm³/mol. The molecule has 0 unspecified atom stereocenters. The molecular weight excluding hydrogens is 851 g/mol. The van der Waals surface area contributed by atoms with E-state index in [1.165, 1.54) is 24.3 Å². The third kappa shape index (κ3) is 12.4. The molecule has 2 aliphatic rings. The van der Waals surface area contributed by atoms with Crippen molar-refractivity contribution in [2.45, 2.75) is 25.4 Å². The zero-order chi connectivity index (χ0) is 46.0. The number of para-hydroxylation sites is 4. The van der Waals surface area contributed by atoms with Crippen LogP contribution < -0.4 is 21.2 Å². The van der Waals surface area contributed by atoms with Gasteiger partial charge in [0.2, 0.25) is 0 Å². The van der Waals surface area contributed by atoms with Gasteiger partial charge in [0, 0.05) is 102 Å². The monoisotopic (exact) mass is 896 g/mol. The molecule has 4 heterocycles. The van der Waals surface area contributed by atoms with E-state index in [0.29, 0.717) is 62.8 Å².